The molecule has 1 fully saturated rings. The van der Waals surface area contributed by atoms with E-state index >= 15 is 0 Å². The minimum Gasteiger partial charge on any atom is -0.467 e. The molecule has 2 aromatic heterocycles. The Morgan fingerprint density at radius 1 is 1.20 bits per heavy atom. The lowest BCUT2D eigenvalue weighted by molar-refractivity contribution is -0.126. The first-order chi connectivity index (χ1) is 12.0. The summed E-state index contributed by atoms with van der Waals surface area (Å²) in [6, 6.07) is 3.63. The molecule has 0 aromatic carbocycles. The van der Waals surface area contributed by atoms with Gasteiger partial charge >= 0.3 is 0 Å². The number of carbonyl (C=O) groups is 2. The predicted octanol–water partition coefficient (Wildman–Crippen LogP) is 2.97. The van der Waals surface area contributed by atoms with Crippen LogP contribution in [0, 0.1) is 26.7 Å². The zero-order chi connectivity index (χ0) is 18.0. The standard InChI is InChI=1S/C19H24N2O4/c1-12-13(2)25-14(3)17(12)19(23)21-8-6-15(7-9-21)18(22)20-11-16-5-4-10-24-16/h4-5,10,15H,6-9,11H2,1-3H3,(H,20,22). The second-order valence-electron chi connectivity index (χ2n) is 6.58. The molecule has 1 aliphatic rings. The SMILES string of the molecule is Cc1oc(C)c(C(=O)N2CCC(C(=O)NCc3ccco3)CC2)c1C. The van der Waals surface area contributed by atoms with Gasteiger partial charge in [-0.3, -0.25) is 9.59 Å². The van der Waals surface area contributed by atoms with Gasteiger partial charge in [-0.25, -0.2) is 0 Å². The van der Waals surface area contributed by atoms with Gasteiger partial charge in [0.1, 0.15) is 17.3 Å². The maximum Gasteiger partial charge on any atom is 0.257 e. The summed E-state index contributed by atoms with van der Waals surface area (Å²) >= 11 is 0. The van der Waals surface area contributed by atoms with E-state index in [1.165, 1.54) is 0 Å². The summed E-state index contributed by atoms with van der Waals surface area (Å²) in [6.07, 6.45) is 2.93. The third-order valence-corrected chi connectivity index (χ3v) is 4.95. The summed E-state index contributed by atoms with van der Waals surface area (Å²) in [7, 11) is 0. The second-order valence-corrected chi connectivity index (χ2v) is 6.58. The van der Waals surface area contributed by atoms with Gasteiger partial charge in [0, 0.05) is 24.6 Å². The third kappa shape index (κ3) is 3.62. The lowest BCUT2D eigenvalue weighted by Gasteiger charge is -2.31. The van der Waals surface area contributed by atoms with Crippen LogP contribution in [0.4, 0.5) is 0 Å². The average molecular weight is 344 g/mol. The van der Waals surface area contributed by atoms with Gasteiger partial charge < -0.3 is 19.1 Å². The Bertz CT molecular complexity index is 753. The maximum atomic E-state index is 12.8. The van der Waals surface area contributed by atoms with Crippen molar-refractivity contribution in [3.8, 4) is 0 Å². The molecule has 3 rings (SSSR count). The van der Waals surface area contributed by atoms with Gasteiger partial charge in [0.15, 0.2) is 0 Å². The van der Waals surface area contributed by atoms with Crippen LogP contribution in [0.1, 0.15) is 46.0 Å². The first kappa shape index (κ1) is 17.3. The van der Waals surface area contributed by atoms with Gasteiger partial charge in [0.2, 0.25) is 5.91 Å². The fraction of sp³-hybridized carbons (Fsp3) is 0.474. The Morgan fingerprint density at radius 2 is 1.92 bits per heavy atom. The summed E-state index contributed by atoms with van der Waals surface area (Å²) < 4.78 is 10.8. The van der Waals surface area contributed by atoms with Gasteiger partial charge in [-0.1, -0.05) is 0 Å². The monoisotopic (exact) mass is 344 g/mol. The number of piperidine rings is 1. The van der Waals surface area contributed by atoms with Crippen molar-refractivity contribution in [2.75, 3.05) is 13.1 Å². The molecular formula is C19H24N2O4. The fourth-order valence-electron chi connectivity index (χ4n) is 3.34. The number of likely N-dealkylation sites (tertiary alicyclic amines) is 1. The first-order valence-electron chi connectivity index (χ1n) is 8.63. The smallest absolute Gasteiger partial charge is 0.257 e. The molecule has 0 saturated carbocycles. The molecule has 0 unspecified atom stereocenters. The van der Waals surface area contributed by atoms with E-state index in [1.54, 1.807) is 12.3 Å². The molecule has 0 aliphatic carbocycles. The normalized spacial score (nSPS) is 15.4. The Balaban J connectivity index is 1.54. The summed E-state index contributed by atoms with van der Waals surface area (Å²) in [5.74, 6) is 2.15. The number of aryl methyl sites for hydroxylation is 2. The highest BCUT2D eigenvalue weighted by Crippen LogP contribution is 2.25. The van der Waals surface area contributed by atoms with Crippen molar-refractivity contribution in [1.82, 2.24) is 10.2 Å². The van der Waals surface area contributed by atoms with Crippen LogP contribution in [0.3, 0.4) is 0 Å². The number of nitrogens with zero attached hydrogens (tertiary/aromatic N) is 1. The zero-order valence-electron chi connectivity index (χ0n) is 14.9. The molecule has 2 amide bonds. The Morgan fingerprint density at radius 3 is 2.48 bits per heavy atom. The third-order valence-electron chi connectivity index (χ3n) is 4.95. The number of carbonyl (C=O) groups excluding carboxylic acids is 2. The Hall–Kier alpha value is -2.50. The highest BCUT2D eigenvalue weighted by atomic mass is 16.3. The van der Waals surface area contributed by atoms with Gasteiger partial charge in [-0.15, -0.1) is 0 Å². The molecule has 1 N–H and O–H groups in total. The molecule has 6 nitrogen and oxygen atoms in total. The topological polar surface area (TPSA) is 75.7 Å². The number of nitrogens with one attached hydrogen (secondary N) is 1. The Kier molecular flexibility index (Phi) is 4.97. The van der Waals surface area contributed by atoms with E-state index in [-0.39, 0.29) is 17.7 Å². The van der Waals surface area contributed by atoms with E-state index in [1.807, 2.05) is 31.7 Å². The summed E-state index contributed by atoms with van der Waals surface area (Å²) in [5, 5.41) is 2.90. The highest BCUT2D eigenvalue weighted by Gasteiger charge is 2.30. The van der Waals surface area contributed by atoms with Crippen molar-refractivity contribution < 1.29 is 18.4 Å². The van der Waals surface area contributed by atoms with Crippen LogP contribution < -0.4 is 5.32 Å². The van der Waals surface area contributed by atoms with E-state index in [0.29, 0.717) is 43.8 Å². The van der Waals surface area contributed by atoms with Crippen LogP contribution in [0.2, 0.25) is 0 Å². The summed E-state index contributed by atoms with van der Waals surface area (Å²) in [6.45, 7) is 7.17. The number of hydrogen-bond donors (Lipinski definition) is 1. The van der Waals surface area contributed by atoms with Crippen LogP contribution in [0.15, 0.2) is 27.2 Å². The second kappa shape index (κ2) is 7.17. The lowest BCUT2D eigenvalue weighted by atomic mass is 9.95. The number of furan rings is 2. The van der Waals surface area contributed by atoms with E-state index in [0.717, 1.165) is 17.1 Å². The van der Waals surface area contributed by atoms with E-state index in [4.69, 9.17) is 8.83 Å². The first-order valence-corrected chi connectivity index (χ1v) is 8.63. The van der Waals surface area contributed by atoms with E-state index in [9.17, 15) is 9.59 Å². The van der Waals surface area contributed by atoms with Crippen LogP contribution in [0.5, 0.6) is 0 Å². The van der Waals surface area contributed by atoms with Crippen molar-refractivity contribution in [2.45, 2.75) is 40.2 Å². The van der Waals surface area contributed by atoms with Crippen LogP contribution >= 0.6 is 0 Å². The van der Waals surface area contributed by atoms with E-state index < -0.39 is 0 Å². The fourth-order valence-corrected chi connectivity index (χ4v) is 3.34. The van der Waals surface area contributed by atoms with Gasteiger partial charge in [0.05, 0.1) is 18.4 Å². The molecule has 0 atom stereocenters. The predicted molar refractivity (Wildman–Crippen MR) is 92.1 cm³/mol. The highest BCUT2D eigenvalue weighted by molar-refractivity contribution is 5.97. The Labute approximate surface area is 147 Å². The average Bonchev–Trinajstić information content (AvgIpc) is 3.21. The van der Waals surface area contributed by atoms with Gasteiger partial charge in [0.25, 0.3) is 5.91 Å². The summed E-state index contributed by atoms with van der Waals surface area (Å²) in [5.41, 5.74) is 1.57. The number of amides is 2. The quantitative estimate of drug-likeness (QED) is 0.925. The molecule has 1 saturated heterocycles. The summed E-state index contributed by atoms with van der Waals surface area (Å²) in [4.78, 5) is 26.9. The van der Waals surface area contributed by atoms with Crippen molar-refractivity contribution in [1.29, 1.82) is 0 Å². The molecule has 134 valence electrons. The molecular weight excluding hydrogens is 320 g/mol. The van der Waals surface area contributed by atoms with Gasteiger partial charge in [-0.05, 0) is 45.7 Å². The van der Waals surface area contributed by atoms with E-state index in [2.05, 4.69) is 5.32 Å². The number of hydrogen-bond acceptors (Lipinski definition) is 4. The molecule has 2 aromatic rings. The molecule has 6 heteroatoms. The van der Waals surface area contributed by atoms with Crippen molar-refractivity contribution in [2.24, 2.45) is 5.92 Å². The lowest BCUT2D eigenvalue weighted by Crippen LogP contribution is -2.43. The van der Waals surface area contributed by atoms with Crippen LogP contribution in [-0.2, 0) is 11.3 Å². The minimum absolute atomic E-state index is 0.00120. The zero-order valence-corrected chi connectivity index (χ0v) is 14.9. The molecule has 1 aliphatic heterocycles. The minimum atomic E-state index is -0.0627. The molecule has 0 spiro atoms. The van der Waals surface area contributed by atoms with Crippen molar-refractivity contribution in [3.63, 3.8) is 0 Å². The van der Waals surface area contributed by atoms with Gasteiger partial charge in [-0.2, -0.15) is 0 Å². The van der Waals surface area contributed by atoms with Crippen LogP contribution in [0.25, 0.3) is 0 Å². The molecule has 0 bridgehead atoms. The van der Waals surface area contributed by atoms with Crippen LogP contribution in [-0.4, -0.2) is 29.8 Å². The maximum absolute atomic E-state index is 12.8. The largest absolute Gasteiger partial charge is 0.467 e. The molecule has 0 radical (unpaired) electrons. The van der Waals surface area contributed by atoms with Crippen molar-refractivity contribution in [3.05, 3.63) is 46.8 Å². The number of rotatable bonds is 4. The molecule has 3 heterocycles. The molecule has 25 heavy (non-hydrogen) atoms. The van der Waals surface area contributed by atoms with Crippen molar-refractivity contribution >= 4 is 11.8 Å².